The van der Waals surface area contributed by atoms with Crippen LogP contribution in [0.1, 0.15) is 31.7 Å². The lowest BCUT2D eigenvalue weighted by Crippen LogP contribution is -2.14. The minimum atomic E-state index is -0.443. The molecule has 0 atom stereocenters. The van der Waals surface area contributed by atoms with E-state index in [9.17, 15) is 10.1 Å². The summed E-state index contributed by atoms with van der Waals surface area (Å²) in [5.41, 5.74) is 0.587. The molecule has 0 aliphatic heterocycles. The maximum atomic E-state index is 10.8. The van der Waals surface area contributed by atoms with Crippen LogP contribution in [0.5, 0.6) is 0 Å². The molecule has 6 heteroatoms. The van der Waals surface area contributed by atoms with Gasteiger partial charge in [-0.05, 0) is 34.1 Å². The van der Waals surface area contributed by atoms with Gasteiger partial charge in [0.15, 0.2) is 0 Å². The minimum absolute atomic E-state index is 0.0692. The Morgan fingerprint density at radius 1 is 1.53 bits per heavy atom. The number of hydrogen-bond acceptors (Lipinski definition) is 4. The summed E-state index contributed by atoms with van der Waals surface area (Å²) in [6, 6.07) is 2.20. The molecule has 0 aliphatic rings. The quantitative estimate of drug-likeness (QED) is 0.593. The molecule has 0 amide bonds. The molecule has 0 N–H and O–H groups in total. The van der Waals surface area contributed by atoms with E-state index < -0.39 is 10.3 Å². The van der Waals surface area contributed by atoms with Gasteiger partial charge in [-0.2, -0.15) is 10.4 Å². The average Bonchev–Trinajstić information content (AvgIpc) is 2.51. The van der Waals surface area contributed by atoms with Gasteiger partial charge in [-0.3, -0.25) is 14.8 Å². The minimum Gasteiger partial charge on any atom is -0.262 e. The van der Waals surface area contributed by atoms with Crippen LogP contribution in [0.2, 0.25) is 0 Å². The molecule has 0 spiro atoms. The summed E-state index contributed by atoms with van der Waals surface area (Å²) in [6.07, 6.45) is 0.614. The molecular formula is C11H16N4O2. The summed E-state index contributed by atoms with van der Waals surface area (Å²) in [4.78, 5) is 10.4. The first-order valence-electron chi connectivity index (χ1n) is 5.38. The SMILES string of the molecule is Cc1nn(CCC(C)(C)C#N)c(C)c1[N+](=O)[O-]. The van der Waals surface area contributed by atoms with Crippen LogP contribution < -0.4 is 0 Å². The van der Waals surface area contributed by atoms with E-state index in [1.54, 1.807) is 18.5 Å². The van der Waals surface area contributed by atoms with Crippen LogP contribution in [-0.2, 0) is 6.54 Å². The Morgan fingerprint density at radius 3 is 2.53 bits per heavy atom. The molecule has 0 bridgehead atoms. The zero-order chi connectivity index (χ0) is 13.2. The van der Waals surface area contributed by atoms with Crippen LogP contribution in [0.4, 0.5) is 5.69 Å². The maximum Gasteiger partial charge on any atom is 0.312 e. The van der Waals surface area contributed by atoms with E-state index in [1.165, 1.54) is 0 Å². The van der Waals surface area contributed by atoms with E-state index in [0.717, 1.165) is 0 Å². The number of aromatic nitrogens is 2. The van der Waals surface area contributed by atoms with Crippen LogP contribution >= 0.6 is 0 Å². The standard InChI is InChI=1S/C11H16N4O2/c1-8-10(15(16)17)9(2)14(13-8)6-5-11(3,4)7-12/h5-6H2,1-4H3. The van der Waals surface area contributed by atoms with Crippen molar-refractivity contribution in [2.24, 2.45) is 5.41 Å². The predicted octanol–water partition coefficient (Wildman–Crippen LogP) is 2.35. The summed E-state index contributed by atoms with van der Waals surface area (Å²) in [5, 5.41) is 23.8. The van der Waals surface area contributed by atoms with Gasteiger partial charge in [-0.25, -0.2) is 0 Å². The highest BCUT2D eigenvalue weighted by Gasteiger charge is 2.23. The largest absolute Gasteiger partial charge is 0.312 e. The van der Waals surface area contributed by atoms with E-state index in [-0.39, 0.29) is 5.69 Å². The summed E-state index contributed by atoms with van der Waals surface area (Å²) in [7, 11) is 0. The second kappa shape index (κ2) is 4.53. The molecule has 0 saturated carbocycles. The molecule has 17 heavy (non-hydrogen) atoms. The summed E-state index contributed by atoms with van der Waals surface area (Å²) in [6.45, 7) is 7.50. The van der Waals surface area contributed by atoms with Crippen molar-refractivity contribution in [3.63, 3.8) is 0 Å². The van der Waals surface area contributed by atoms with Crippen LogP contribution in [0.15, 0.2) is 0 Å². The summed E-state index contributed by atoms with van der Waals surface area (Å²) < 4.78 is 1.60. The Kier molecular flexibility index (Phi) is 3.51. The van der Waals surface area contributed by atoms with Gasteiger partial charge < -0.3 is 0 Å². The van der Waals surface area contributed by atoms with Crippen molar-refractivity contribution in [1.29, 1.82) is 5.26 Å². The van der Waals surface area contributed by atoms with E-state index in [1.807, 2.05) is 13.8 Å². The lowest BCUT2D eigenvalue weighted by molar-refractivity contribution is -0.386. The molecule has 0 unspecified atom stereocenters. The van der Waals surface area contributed by atoms with E-state index in [2.05, 4.69) is 11.2 Å². The highest BCUT2D eigenvalue weighted by atomic mass is 16.6. The lowest BCUT2D eigenvalue weighted by atomic mass is 9.91. The van der Waals surface area contributed by atoms with Gasteiger partial charge in [-0.1, -0.05) is 0 Å². The second-order valence-electron chi connectivity index (χ2n) is 4.75. The maximum absolute atomic E-state index is 10.8. The molecule has 0 aromatic carbocycles. The van der Waals surface area contributed by atoms with Crippen molar-refractivity contribution in [1.82, 2.24) is 9.78 Å². The predicted molar refractivity (Wildman–Crippen MR) is 62.4 cm³/mol. The first-order valence-corrected chi connectivity index (χ1v) is 5.38. The summed E-state index contributed by atoms with van der Waals surface area (Å²) in [5.74, 6) is 0. The Morgan fingerprint density at radius 2 is 2.12 bits per heavy atom. The topological polar surface area (TPSA) is 84.8 Å². The molecule has 1 rings (SSSR count). The van der Waals surface area contributed by atoms with Gasteiger partial charge >= 0.3 is 5.69 Å². The van der Waals surface area contributed by atoms with Crippen LogP contribution in [0.3, 0.4) is 0 Å². The average molecular weight is 236 g/mol. The fourth-order valence-electron chi connectivity index (χ4n) is 1.61. The van der Waals surface area contributed by atoms with Crippen LogP contribution in [0.25, 0.3) is 0 Å². The Bertz CT molecular complexity index is 482. The molecule has 1 aromatic heterocycles. The number of rotatable bonds is 4. The number of hydrogen-bond donors (Lipinski definition) is 0. The van der Waals surface area contributed by atoms with E-state index in [0.29, 0.717) is 24.4 Å². The zero-order valence-corrected chi connectivity index (χ0v) is 10.5. The monoisotopic (exact) mass is 236 g/mol. The molecule has 92 valence electrons. The Balaban J connectivity index is 2.92. The van der Waals surface area contributed by atoms with Gasteiger partial charge in [0.25, 0.3) is 0 Å². The number of nitro groups is 1. The molecule has 0 saturated heterocycles. The molecule has 1 aromatic rings. The van der Waals surface area contributed by atoms with Gasteiger partial charge in [0.2, 0.25) is 0 Å². The van der Waals surface area contributed by atoms with Crippen molar-refractivity contribution in [2.75, 3.05) is 0 Å². The highest BCUT2D eigenvalue weighted by molar-refractivity contribution is 5.39. The Hall–Kier alpha value is -1.90. The first kappa shape index (κ1) is 13.2. The van der Waals surface area contributed by atoms with Gasteiger partial charge in [0.1, 0.15) is 11.4 Å². The van der Waals surface area contributed by atoms with Gasteiger partial charge in [-0.15, -0.1) is 0 Å². The number of nitrogens with zero attached hydrogens (tertiary/aromatic N) is 4. The molecule has 1 heterocycles. The Labute approximate surface area is 100 Å². The summed E-state index contributed by atoms with van der Waals surface area (Å²) >= 11 is 0. The number of nitriles is 1. The van der Waals surface area contributed by atoms with Crippen LogP contribution in [-0.4, -0.2) is 14.7 Å². The highest BCUT2D eigenvalue weighted by Crippen LogP contribution is 2.24. The fourth-order valence-corrected chi connectivity index (χ4v) is 1.61. The normalized spacial score (nSPS) is 11.2. The van der Waals surface area contributed by atoms with E-state index in [4.69, 9.17) is 5.26 Å². The van der Waals surface area contributed by atoms with Crippen molar-refractivity contribution < 1.29 is 4.92 Å². The molecule has 0 aliphatic carbocycles. The van der Waals surface area contributed by atoms with Crippen molar-refractivity contribution in [2.45, 2.75) is 40.7 Å². The second-order valence-corrected chi connectivity index (χ2v) is 4.75. The van der Waals surface area contributed by atoms with Gasteiger partial charge in [0, 0.05) is 6.54 Å². The molecular weight excluding hydrogens is 220 g/mol. The van der Waals surface area contributed by atoms with Crippen molar-refractivity contribution >= 4 is 5.69 Å². The lowest BCUT2D eigenvalue weighted by Gasteiger charge is -2.14. The third kappa shape index (κ3) is 2.81. The van der Waals surface area contributed by atoms with Gasteiger partial charge in [0.05, 0.1) is 16.4 Å². The van der Waals surface area contributed by atoms with E-state index >= 15 is 0 Å². The fraction of sp³-hybridized carbons (Fsp3) is 0.636. The molecule has 0 radical (unpaired) electrons. The van der Waals surface area contributed by atoms with Crippen LogP contribution in [0, 0.1) is 40.7 Å². The molecule has 6 nitrogen and oxygen atoms in total. The first-order chi connectivity index (χ1) is 7.78. The van der Waals surface area contributed by atoms with Crippen molar-refractivity contribution in [3.05, 3.63) is 21.5 Å². The third-order valence-corrected chi connectivity index (χ3v) is 2.78. The molecule has 0 fully saturated rings. The zero-order valence-electron chi connectivity index (χ0n) is 10.5. The number of aryl methyl sites for hydroxylation is 2. The van der Waals surface area contributed by atoms with Crippen molar-refractivity contribution in [3.8, 4) is 6.07 Å². The third-order valence-electron chi connectivity index (χ3n) is 2.78. The smallest absolute Gasteiger partial charge is 0.262 e.